The van der Waals surface area contributed by atoms with Crippen LogP contribution in [0.15, 0.2) is 0 Å². The Balaban J connectivity index is -0.0000000163. The molecule has 0 atom stereocenters. The average Bonchev–Trinajstić information content (AvgIpc) is 3.19. The first kappa shape index (κ1) is 171. The Hall–Kier alpha value is -4.97. The molecule has 0 radical (unpaired) electrons. The van der Waals surface area contributed by atoms with Crippen molar-refractivity contribution in [1.82, 2.24) is 0 Å². The summed E-state index contributed by atoms with van der Waals surface area (Å²) in [4.78, 5) is 91.8. The minimum Gasteiger partial charge on any atom is -0.469 e. The molecule has 0 rings (SSSR count). The van der Waals surface area contributed by atoms with Crippen LogP contribution in [0, 0.1) is 0 Å². The molecule has 0 amide bonds. The maximum Gasteiger partial charge on any atom is 0.331 e. The first-order valence-electron chi connectivity index (χ1n) is 17.9. The number of hydrogen-bond acceptors (Lipinski definition) is 23. The van der Waals surface area contributed by atoms with Crippen molar-refractivity contribution < 1.29 is 109 Å². The molecule has 23 nitrogen and oxygen atoms in total. The molecule has 78 heavy (non-hydrogen) atoms. The maximum absolute atomic E-state index is 10.4. The Morgan fingerprint density at radius 3 is 0.667 bits per heavy atom. The largest absolute Gasteiger partial charge is 0.469 e. The highest BCUT2D eigenvalue weighted by Gasteiger charge is 2.07. The zero-order valence-electron chi connectivity index (χ0n) is 38.4. The van der Waals surface area contributed by atoms with Gasteiger partial charge in [0, 0.05) is 61.5 Å². The SMILES string of the molecule is C.C.C.C.C.C.C.C.C.C.C.C.C.C.C.C.C.C.CC(=O)OCOC(C)=O.CC(=O)OCOCOC(C)=O.CCC.CCOC(=O)CC.CCOCC.COC(=O)CC(=O)OC.COC(=O)COCC(=O)OC.COCOC. The lowest BCUT2D eigenvalue weighted by Gasteiger charge is -2.02. The molecule has 0 heterocycles. The number of carbonyl (C=O) groups is 9. The summed E-state index contributed by atoms with van der Waals surface area (Å²) in [5.41, 5.74) is 0. The average molecular weight is 1170 g/mol. The second-order valence-corrected chi connectivity index (χ2v) is 9.42. The van der Waals surface area contributed by atoms with Crippen LogP contribution in [0.2, 0.25) is 0 Å². The topological polar surface area (TPSA) is 283 Å². The molecule has 0 saturated heterocycles. The minimum atomic E-state index is -0.582. The third-order valence-corrected chi connectivity index (χ3v) is 4.09. The third kappa shape index (κ3) is 268. The smallest absolute Gasteiger partial charge is 0.331 e. The van der Waals surface area contributed by atoms with E-state index in [0.717, 1.165) is 13.2 Å². The van der Waals surface area contributed by atoms with E-state index in [9.17, 15) is 43.2 Å². The molecule has 0 aromatic rings. The summed E-state index contributed by atoms with van der Waals surface area (Å²) < 4.78 is 61.6. The second-order valence-electron chi connectivity index (χ2n) is 9.42. The fourth-order valence-electron chi connectivity index (χ4n) is 1.66. The fraction of sp³-hybridized carbons (Fsp3) is 0.836. The van der Waals surface area contributed by atoms with Gasteiger partial charge in [0.15, 0.2) is 13.6 Å². The summed E-state index contributed by atoms with van der Waals surface area (Å²) in [5, 5.41) is 0. The fourth-order valence-corrected chi connectivity index (χ4v) is 1.66. The first-order valence-corrected chi connectivity index (χ1v) is 17.9. The maximum atomic E-state index is 10.4. The molecule has 0 aromatic heterocycles. The van der Waals surface area contributed by atoms with E-state index in [1.54, 1.807) is 28.1 Å². The standard InChI is InChI=1S/2C6H10O5.2C5H8O4.C5H10O2.C4H10O.C3H8O2.C3H8.18CH4/c1-9-5(7)3-11-4-6(8)10-2;1-5(7)10-3-9-4-11-6(2)8;1-8-4(6)3-5(7)9-2;1-4(6)8-3-9-5(2)7;1-3-5(6)7-4-2;1-3-5-4-2;1-4-3-5-2;1-3-2;;;;;;;;;;;;;;;;;;/h2*3-4H2,1-2H3;2*3H2,1-2H3;3-4H2,1-2H3;3-4H2,1-2H3;3H2,1-2H3;3H2,1-2H3;18*1H4. The van der Waals surface area contributed by atoms with E-state index in [1.165, 1.54) is 62.6 Å². The van der Waals surface area contributed by atoms with Gasteiger partial charge in [-0.2, -0.15) is 0 Å². The molecule has 502 valence electrons. The Morgan fingerprint density at radius 2 is 0.526 bits per heavy atom. The van der Waals surface area contributed by atoms with Crippen molar-refractivity contribution in [1.29, 1.82) is 0 Å². The van der Waals surface area contributed by atoms with Crippen molar-refractivity contribution in [3.8, 4) is 0 Å². The van der Waals surface area contributed by atoms with E-state index in [0.29, 0.717) is 19.8 Å². The van der Waals surface area contributed by atoms with Gasteiger partial charge in [0.2, 0.25) is 6.79 Å². The molecule has 0 bridgehead atoms. The predicted molar refractivity (Wildman–Crippen MR) is 331 cm³/mol. The lowest BCUT2D eigenvalue weighted by molar-refractivity contribution is -0.173. The molecule has 0 aliphatic heterocycles. The van der Waals surface area contributed by atoms with E-state index in [4.69, 9.17) is 4.74 Å². The van der Waals surface area contributed by atoms with Crippen molar-refractivity contribution in [2.75, 3.05) is 103 Å². The number of rotatable bonds is 18. The van der Waals surface area contributed by atoms with Crippen LogP contribution in [0.4, 0.5) is 0 Å². The highest BCUT2D eigenvalue weighted by Crippen LogP contribution is 1.86. The van der Waals surface area contributed by atoms with E-state index in [-0.39, 0.29) is 180 Å². The summed E-state index contributed by atoms with van der Waals surface area (Å²) in [6, 6.07) is 0. The van der Waals surface area contributed by atoms with Crippen molar-refractivity contribution in [2.24, 2.45) is 0 Å². The van der Waals surface area contributed by atoms with Crippen LogP contribution in [-0.4, -0.2) is 157 Å². The predicted octanol–water partition coefficient (Wildman–Crippen LogP) is 14.3. The molecule has 0 aromatic carbocycles. The monoisotopic (exact) mass is 1170 g/mol. The van der Waals surface area contributed by atoms with E-state index in [2.05, 4.69) is 75.4 Å². The van der Waals surface area contributed by atoms with Crippen LogP contribution >= 0.6 is 0 Å². The number of ether oxygens (including phenoxy) is 14. The summed E-state index contributed by atoms with van der Waals surface area (Å²) in [7, 11) is 8.08. The Morgan fingerprint density at radius 1 is 0.282 bits per heavy atom. The van der Waals surface area contributed by atoms with Crippen LogP contribution in [0.25, 0.3) is 0 Å². The molecule has 0 spiro atoms. The first-order chi connectivity index (χ1) is 28.2. The van der Waals surface area contributed by atoms with Crippen LogP contribution < -0.4 is 0 Å². The quantitative estimate of drug-likeness (QED) is 0.0405. The van der Waals surface area contributed by atoms with Gasteiger partial charge in [-0.1, -0.05) is 161 Å². The van der Waals surface area contributed by atoms with Crippen molar-refractivity contribution in [3.05, 3.63) is 0 Å². The number of esters is 9. The van der Waals surface area contributed by atoms with Crippen LogP contribution in [0.3, 0.4) is 0 Å². The highest BCUT2D eigenvalue weighted by atomic mass is 16.8. The molecule has 0 unspecified atom stereocenters. The number of carbonyl (C=O) groups excluding carboxylic acids is 9. The van der Waals surface area contributed by atoms with Crippen molar-refractivity contribution in [2.45, 2.75) is 222 Å². The summed E-state index contributed by atoms with van der Waals surface area (Å²) >= 11 is 0. The van der Waals surface area contributed by atoms with Crippen LogP contribution in [-0.2, 0) is 109 Å². The van der Waals surface area contributed by atoms with Gasteiger partial charge in [-0.05, 0) is 20.8 Å². The molecule has 0 saturated carbocycles. The van der Waals surface area contributed by atoms with Gasteiger partial charge in [0.05, 0.1) is 35.0 Å². The second kappa shape index (κ2) is 158. The zero-order chi connectivity index (χ0) is 48.6. The van der Waals surface area contributed by atoms with Gasteiger partial charge in [-0.15, -0.1) is 0 Å². The number of hydrogen-bond donors (Lipinski definition) is 0. The van der Waals surface area contributed by atoms with E-state index in [1.807, 2.05) is 13.8 Å². The molecule has 23 heteroatoms. The minimum absolute atomic E-state index is 0. The van der Waals surface area contributed by atoms with E-state index >= 15 is 0 Å². The normalized spacial score (nSPS) is 6.46. The molecule has 0 fully saturated rings. The summed E-state index contributed by atoms with van der Waals surface area (Å²) in [5.74, 6) is -4.12. The molecule has 0 N–H and O–H groups in total. The van der Waals surface area contributed by atoms with Gasteiger partial charge < -0.3 is 66.3 Å². The van der Waals surface area contributed by atoms with Crippen molar-refractivity contribution >= 4 is 53.7 Å². The third-order valence-electron chi connectivity index (χ3n) is 4.09. The zero-order valence-corrected chi connectivity index (χ0v) is 38.4. The summed E-state index contributed by atoms with van der Waals surface area (Å²) in [6.45, 7) is 18.2. The van der Waals surface area contributed by atoms with Gasteiger partial charge in [-0.25, -0.2) is 9.59 Å². The Bertz CT molecular complexity index is 974. The van der Waals surface area contributed by atoms with Gasteiger partial charge in [0.25, 0.3) is 0 Å². The molecule has 0 aliphatic carbocycles. The van der Waals surface area contributed by atoms with Crippen LogP contribution in [0.1, 0.15) is 222 Å². The van der Waals surface area contributed by atoms with Gasteiger partial charge >= 0.3 is 53.7 Å². The van der Waals surface area contributed by atoms with Crippen LogP contribution in [0.5, 0.6) is 0 Å². The Labute approximate surface area is 487 Å². The summed E-state index contributed by atoms with van der Waals surface area (Å²) in [6.07, 6.45) is 1.42. The Kier molecular flexibility index (Phi) is 346. The molecule has 0 aliphatic rings. The van der Waals surface area contributed by atoms with Crippen molar-refractivity contribution in [3.63, 3.8) is 0 Å². The molecular weight excluding hydrogens is 1030 g/mol. The van der Waals surface area contributed by atoms with E-state index < -0.39 is 47.8 Å². The lowest BCUT2D eigenvalue weighted by atomic mass is 10.4. The highest BCUT2D eigenvalue weighted by molar-refractivity contribution is 5.91. The number of methoxy groups -OCH3 is 6. The van der Waals surface area contributed by atoms with Gasteiger partial charge in [0.1, 0.15) is 26.4 Å². The lowest BCUT2D eigenvalue weighted by Crippen LogP contribution is -2.16. The molecular formula is C55H144O23. The van der Waals surface area contributed by atoms with Gasteiger partial charge in [-0.3, -0.25) is 33.6 Å².